The summed E-state index contributed by atoms with van der Waals surface area (Å²) in [4.78, 5) is 0. The lowest BCUT2D eigenvalue weighted by molar-refractivity contribution is 0.000802. The Morgan fingerprint density at radius 2 is 1.83 bits per heavy atom. The summed E-state index contributed by atoms with van der Waals surface area (Å²) in [6.07, 6.45) is 1.13. The third-order valence-electron chi connectivity index (χ3n) is 1.00. The van der Waals surface area contributed by atoms with Crippen LogP contribution in [-0.2, 0) is 14.8 Å². The molecule has 0 aromatic heterocycles. The fraction of sp³-hybridized carbons (Fsp3) is 1.00. The van der Waals surface area contributed by atoms with E-state index in [1.165, 1.54) is 0 Å². The molecular formula is C7H17NO3S. The smallest absolute Gasteiger partial charge is 0.208 e. The zero-order chi connectivity index (χ0) is 9.83. The van der Waals surface area contributed by atoms with Crippen molar-refractivity contribution in [3.8, 4) is 0 Å². The molecule has 0 radical (unpaired) electrons. The fourth-order valence-corrected chi connectivity index (χ4v) is 1.04. The van der Waals surface area contributed by atoms with Crippen LogP contribution < -0.4 is 4.72 Å². The maximum Gasteiger partial charge on any atom is 0.208 e. The molecule has 0 spiro atoms. The minimum Gasteiger partial charge on any atom is -0.375 e. The molecule has 0 amide bonds. The Bertz CT molecular complexity index is 215. The Labute approximate surface area is 74.4 Å². The summed E-state index contributed by atoms with van der Waals surface area (Å²) in [6.45, 7) is 6.50. The monoisotopic (exact) mass is 195 g/mol. The highest BCUT2D eigenvalue weighted by Gasteiger charge is 2.09. The minimum absolute atomic E-state index is 0.209. The quantitative estimate of drug-likeness (QED) is 0.659. The molecule has 0 aliphatic heterocycles. The van der Waals surface area contributed by atoms with Gasteiger partial charge in [0, 0.05) is 6.54 Å². The van der Waals surface area contributed by atoms with Crippen LogP contribution in [0.2, 0.25) is 0 Å². The molecule has 0 heterocycles. The molecule has 0 aliphatic carbocycles. The molecule has 0 rings (SSSR count). The third-order valence-corrected chi connectivity index (χ3v) is 1.73. The second-order valence-electron chi connectivity index (χ2n) is 3.63. The molecule has 0 saturated heterocycles. The van der Waals surface area contributed by atoms with Gasteiger partial charge < -0.3 is 4.74 Å². The molecule has 0 fully saturated rings. The summed E-state index contributed by atoms with van der Waals surface area (Å²) >= 11 is 0. The van der Waals surface area contributed by atoms with E-state index in [1.54, 1.807) is 0 Å². The average molecular weight is 195 g/mol. The molecule has 1 N–H and O–H groups in total. The number of hydrogen-bond acceptors (Lipinski definition) is 3. The normalized spacial score (nSPS) is 13.3. The molecule has 0 aromatic carbocycles. The van der Waals surface area contributed by atoms with Crippen LogP contribution in [0.15, 0.2) is 0 Å². The number of rotatable bonds is 4. The van der Waals surface area contributed by atoms with Gasteiger partial charge in [-0.15, -0.1) is 0 Å². The van der Waals surface area contributed by atoms with Crippen LogP contribution in [0.4, 0.5) is 0 Å². The van der Waals surface area contributed by atoms with Crippen molar-refractivity contribution in [2.75, 3.05) is 19.4 Å². The fourth-order valence-electron chi connectivity index (χ4n) is 0.584. The highest BCUT2D eigenvalue weighted by molar-refractivity contribution is 7.88. The van der Waals surface area contributed by atoms with E-state index >= 15 is 0 Å². The van der Waals surface area contributed by atoms with Crippen molar-refractivity contribution in [2.45, 2.75) is 26.4 Å². The van der Waals surface area contributed by atoms with Gasteiger partial charge in [0.05, 0.1) is 18.5 Å². The summed E-state index contributed by atoms with van der Waals surface area (Å²) in [7, 11) is -3.07. The molecular weight excluding hydrogens is 178 g/mol. The standard InChI is InChI=1S/C7H17NO3S/c1-7(2,3)11-6-5-8-12(4,9)10/h8H,5-6H2,1-4H3. The summed E-state index contributed by atoms with van der Waals surface area (Å²) in [5.41, 5.74) is -0.209. The molecule has 0 unspecified atom stereocenters. The van der Waals surface area contributed by atoms with Crippen molar-refractivity contribution in [3.63, 3.8) is 0 Å². The van der Waals surface area contributed by atoms with Gasteiger partial charge in [-0.25, -0.2) is 13.1 Å². The van der Waals surface area contributed by atoms with E-state index < -0.39 is 10.0 Å². The number of ether oxygens (including phenoxy) is 1. The van der Waals surface area contributed by atoms with Gasteiger partial charge in [-0.1, -0.05) is 0 Å². The molecule has 0 saturated carbocycles. The summed E-state index contributed by atoms with van der Waals surface area (Å²) in [6, 6.07) is 0. The maximum atomic E-state index is 10.6. The summed E-state index contributed by atoms with van der Waals surface area (Å²) in [5, 5.41) is 0. The van der Waals surface area contributed by atoms with Gasteiger partial charge in [0.2, 0.25) is 10.0 Å². The zero-order valence-corrected chi connectivity index (χ0v) is 8.86. The van der Waals surface area contributed by atoms with E-state index in [2.05, 4.69) is 4.72 Å². The van der Waals surface area contributed by atoms with Gasteiger partial charge in [-0.05, 0) is 20.8 Å². The van der Waals surface area contributed by atoms with Gasteiger partial charge in [-0.2, -0.15) is 0 Å². The lowest BCUT2D eigenvalue weighted by atomic mass is 10.2. The average Bonchev–Trinajstić information content (AvgIpc) is 1.76. The van der Waals surface area contributed by atoms with Crippen molar-refractivity contribution in [1.82, 2.24) is 4.72 Å². The van der Waals surface area contributed by atoms with Crippen molar-refractivity contribution >= 4 is 10.0 Å². The SMILES string of the molecule is CC(C)(C)OCCNS(C)(=O)=O. The second kappa shape index (κ2) is 4.20. The van der Waals surface area contributed by atoms with Crippen LogP contribution in [0, 0.1) is 0 Å². The molecule has 0 aliphatic rings. The Kier molecular flexibility index (Phi) is 4.16. The van der Waals surface area contributed by atoms with Crippen LogP contribution in [0.5, 0.6) is 0 Å². The van der Waals surface area contributed by atoms with Crippen molar-refractivity contribution in [1.29, 1.82) is 0 Å². The van der Waals surface area contributed by atoms with Crippen molar-refractivity contribution in [2.24, 2.45) is 0 Å². The summed E-state index contributed by atoms with van der Waals surface area (Å²) in [5.74, 6) is 0. The Balaban J connectivity index is 3.48. The largest absolute Gasteiger partial charge is 0.375 e. The van der Waals surface area contributed by atoms with E-state index in [4.69, 9.17) is 4.74 Å². The maximum absolute atomic E-state index is 10.6. The van der Waals surface area contributed by atoms with Gasteiger partial charge in [0.25, 0.3) is 0 Å². The topological polar surface area (TPSA) is 55.4 Å². The first-order valence-corrected chi connectivity index (χ1v) is 5.68. The molecule has 0 aromatic rings. The highest BCUT2D eigenvalue weighted by Crippen LogP contribution is 2.04. The first-order valence-electron chi connectivity index (χ1n) is 3.79. The number of hydrogen-bond donors (Lipinski definition) is 1. The zero-order valence-electron chi connectivity index (χ0n) is 8.05. The Hall–Kier alpha value is -0.130. The van der Waals surface area contributed by atoms with Crippen molar-refractivity contribution < 1.29 is 13.2 Å². The van der Waals surface area contributed by atoms with Gasteiger partial charge in [0.15, 0.2) is 0 Å². The summed E-state index contributed by atoms with van der Waals surface area (Å²) < 4.78 is 28.8. The van der Waals surface area contributed by atoms with E-state index in [-0.39, 0.29) is 5.60 Å². The van der Waals surface area contributed by atoms with Crippen LogP contribution in [-0.4, -0.2) is 33.4 Å². The molecule has 0 bridgehead atoms. The van der Waals surface area contributed by atoms with E-state index in [0.717, 1.165) is 6.26 Å². The predicted molar refractivity (Wildman–Crippen MR) is 48.6 cm³/mol. The Morgan fingerprint density at radius 1 is 1.33 bits per heavy atom. The Morgan fingerprint density at radius 3 is 2.17 bits per heavy atom. The van der Waals surface area contributed by atoms with Gasteiger partial charge in [0.1, 0.15) is 0 Å². The molecule has 0 atom stereocenters. The highest BCUT2D eigenvalue weighted by atomic mass is 32.2. The number of sulfonamides is 1. The minimum atomic E-state index is -3.07. The van der Waals surface area contributed by atoms with Crippen LogP contribution in [0.1, 0.15) is 20.8 Å². The van der Waals surface area contributed by atoms with Crippen LogP contribution in [0.3, 0.4) is 0 Å². The van der Waals surface area contributed by atoms with Gasteiger partial charge >= 0.3 is 0 Å². The molecule has 4 nitrogen and oxygen atoms in total. The predicted octanol–water partition coefficient (Wildman–Crippen LogP) is 0.351. The first kappa shape index (κ1) is 11.9. The molecule has 12 heavy (non-hydrogen) atoms. The van der Waals surface area contributed by atoms with E-state index in [0.29, 0.717) is 13.2 Å². The van der Waals surface area contributed by atoms with E-state index in [9.17, 15) is 8.42 Å². The lowest BCUT2D eigenvalue weighted by Gasteiger charge is -2.19. The molecule has 5 heteroatoms. The third kappa shape index (κ3) is 9.87. The van der Waals surface area contributed by atoms with Gasteiger partial charge in [-0.3, -0.25) is 0 Å². The first-order chi connectivity index (χ1) is 5.21. The van der Waals surface area contributed by atoms with Crippen LogP contribution in [0.25, 0.3) is 0 Å². The van der Waals surface area contributed by atoms with Crippen molar-refractivity contribution in [3.05, 3.63) is 0 Å². The van der Waals surface area contributed by atoms with E-state index in [1.807, 2.05) is 20.8 Å². The lowest BCUT2D eigenvalue weighted by Crippen LogP contribution is -2.29. The van der Waals surface area contributed by atoms with Crippen LogP contribution >= 0.6 is 0 Å². The second-order valence-corrected chi connectivity index (χ2v) is 5.46. The number of nitrogens with one attached hydrogen (secondary N) is 1. The molecule has 74 valence electrons.